The third-order valence-electron chi connectivity index (χ3n) is 7.09. The summed E-state index contributed by atoms with van der Waals surface area (Å²) in [6.07, 6.45) is -3.40. The number of halogens is 3. The summed E-state index contributed by atoms with van der Waals surface area (Å²) >= 11 is 0. The number of para-hydroxylation sites is 1. The topological polar surface area (TPSA) is 70.1 Å². The summed E-state index contributed by atoms with van der Waals surface area (Å²) in [4.78, 5) is 29.9. The minimum Gasteiger partial charge on any atom is -0.348 e. The Labute approximate surface area is 215 Å². The van der Waals surface area contributed by atoms with Gasteiger partial charge in [-0.3, -0.25) is 14.5 Å². The normalized spacial score (nSPS) is 13.8. The molecule has 0 spiro atoms. The standard InChI is InChI=1S/C28H37F3N4O2/c1-7-14-34(6)24(28(29,30)31)13-12-19(4)35-20(5)25(21-10-8-9-11-23(21)35)27(37)32-16-22-17(2)15-18(3)33-26(22)36/h8-11,15,19,24H,7,12-14,16H2,1-6H3,(H,32,37)(H,33,36). The number of pyridine rings is 1. The van der Waals surface area contributed by atoms with Crippen LogP contribution in [0.5, 0.6) is 0 Å². The highest BCUT2D eigenvalue weighted by Crippen LogP contribution is 2.34. The van der Waals surface area contributed by atoms with Gasteiger partial charge in [0.05, 0.1) is 5.56 Å². The average molecular weight is 519 g/mol. The summed E-state index contributed by atoms with van der Waals surface area (Å²) in [6.45, 7) is 9.65. The second-order valence-electron chi connectivity index (χ2n) is 9.94. The molecule has 2 unspecified atom stereocenters. The second-order valence-corrected chi connectivity index (χ2v) is 9.94. The fourth-order valence-electron chi connectivity index (χ4n) is 5.27. The van der Waals surface area contributed by atoms with Crippen LogP contribution in [-0.4, -0.2) is 46.2 Å². The van der Waals surface area contributed by atoms with E-state index in [2.05, 4.69) is 10.3 Å². The number of aryl methyl sites for hydroxylation is 2. The van der Waals surface area contributed by atoms with Gasteiger partial charge < -0.3 is 14.9 Å². The molecule has 202 valence electrons. The molecule has 0 saturated carbocycles. The number of hydrogen-bond donors (Lipinski definition) is 2. The lowest BCUT2D eigenvalue weighted by molar-refractivity contribution is -0.182. The van der Waals surface area contributed by atoms with Gasteiger partial charge in [-0.2, -0.15) is 13.2 Å². The van der Waals surface area contributed by atoms with Crippen molar-refractivity contribution in [3.8, 4) is 0 Å². The van der Waals surface area contributed by atoms with Gasteiger partial charge in [0.1, 0.15) is 6.04 Å². The minimum atomic E-state index is -4.31. The number of benzene rings is 1. The van der Waals surface area contributed by atoms with Crippen LogP contribution in [0, 0.1) is 20.8 Å². The number of rotatable bonds is 10. The molecule has 2 atom stereocenters. The fourth-order valence-corrected chi connectivity index (χ4v) is 5.27. The number of hydrogen-bond acceptors (Lipinski definition) is 3. The van der Waals surface area contributed by atoms with Crippen molar-refractivity contribution >= 4 is 16.8 Å². The van der Waals surface area contributed by atoms with Gasteiger partial charge in [-0.15, -0.1) is 0 Å². The van der Waals surface area contributed by atoms with Gasteiger partial charge in [-0.25, -0.2) is 0 Å². The molecule has 0 aliphatic heterocycles. The molecule has 9 heteroatoms. The average Bonchev–Trinajstić information content (AvgIpc) is 3.09. The van der Waals surface area contributed by atoms with Gasteiger partial charge in [0.25, 0.3) is 11.5 Å². The van der Waals surface area contributed by atoms with E-state index < -0.39 is 12.2 Å². The third-order valence-corrected chi connectivity index (χ3v) is 7.09. The van der Waals surface area contributed by atoms with Crippen molar-refractivity contribution in [1.82, 2.24) is 19.8 Å². The van der Waals surface area contributed by atoms with Crippen molar-refractivity contribution in [3.05, 3.63) is 68.8 Å². The highest BCUT2D eigenvalue weighted by molar-refractivity contribution is 6.08. The van der Waals surface area contributed by atoms with Gasteiger partial charge in [0, 0.05) is 40.4 Å². The maximum absolute atomic E-state index is 13.8. The number of amides is 1. The van der Waals surface area contributed by atoms with Crippen LogP contribution in [-0.2, 0) is 6.54 Å². The number of nitrogens with one attached hydrogen (secondary N) is 2. The molecule has 0 saturated heterocycles. The largest absolute Gasteiger partial charge is 0.404 e. The quantitative estimate of drug-likeness (QED) is 0.357. The smallest absolute Gasteiger partial charge is 0.348 e. The number of fused-ring (bicyclic) bond motifs is 1. The number of aromatic amines is 1. The molecule has 6 nitrogen and oxygen atoms in total. The van der Waals surface area contributed by atoms with E-state index in [-0.39, 0.29) is 30.5 Å². The first kappa shape index (κ1) is 28.5. The molecular weight excluding hydrogens is 481 g/mol. The lowest BCUT2D eigenvalue weighted by Gasteiger charge is -2.31. The molecule has 1 aromatic carbocycles. The van der Waals surface area contributed by atoms with Gasteiger partial charge >= 0.3 is 6.18 Å². The first-order chi connectivity index (χ1) is 17.4. The van der Waals surface area contributed by atoms with Crippen LogP contribution in [0.1, 0.15) is 72.0 Å². The zero-order valence-electron chi connectivity index (χ0n) is 22.4. The Balaban J connectivity index is 1.88. The van der Waals surface area contributed by atoms with Gasteiger partial charge in [0.2, 0.25) is 0 Å². The number of carbonyl (C=O) groups is 1. The van der Waals surface area contributed by atoms with E-state index in [1.165, 1.54) is 11.9 Å². The van der Waals surface area contributed by atoms with Crippen molar-refractivity contribution in [3.63, 3.8) is 0 Å². The monoisotopic (exact) mass is 518 g/mol. The summed E-state index contributed by atoms with van der Waals surface area (Å²) in [6, 6.07) is 7.50. The van der Waals surface area contributed by atoms with Crippen LogP contribution in [0.25, 0.3) is 10.9 Å². The Morgan fingerprint density at radius 3 is 2.46 bits per heavy atom. The predicted molar refractivity (Wildman–Crippen MR) is 141 cm³/mol. The highest BCUT2D eigenvalue weighted by atomic mass is 19.4. The molecule has 37 heavy (non-hydrogen) atoms. The molecule has 3 aromatic rings. The Kier molecular flexibility index (Phi) is 8.89. The molecule has 2 N–H and O–H groups in total. The van der Waals surface area contributed by atoms with Gasteiger partial charge in [-0.05, 0) is 78.2 Å². The number of H-pyrrole nitrogens is 1. The molecule has 1 amide bonds. The Bertz CT molecular complexity index is 1310. The summed E-state index contributed by atoms with van der Waals surface area (Å²) in [5, 5.41) is 3.60. The third kappa shape index (κ3) is 6.26. The molecule has 0 aliphatic carbocycles. The molecular formula is C28H37F3N4O2. The predicted octanol–water partition coefficient (Wildman–Crippen LogP) is 5.80. The first-order valence-corrected chi connectivity index (χ1v) is 12.7. The molecule has 2 aromatic heterocycles. The van der Waals surface area contributed by atoms with Crippen molar-refractivity contribution in [1.29, 1.82) is 0 Å². The summed E-state index contributed by atoms with van der Waals surface area (Å²) in [5.74, 6) is -0.324. The number of nitrogens with zero attached hydrogens (tertiary/aromatic N) is 2. The van der Waals surface area contributed by atoms with Crippen molar-refractivity contribution < 1.29 is 18.0 Å². The van der Waals surface area contributed by atoms with E-state index in [0.29, 0.717) is 36.2 Å². The summed E-state index contributed by atoms with van der Waals surface area (Å²) in [5.41, 5.74) is 3.75. The van der Waals surface area contributed by atoms with Gasteiger partial charge in [0.15, 0.2) is 0 Å². The molecule has 3 rings (SSSR count). The number of carbonyl (C=O) groups excluding carboxylic acids is 1. The Morgan fingerprint density at radius 2 is 1.84 bits per heavy atom. The van der Waals surface area contributed by atoms with Crippen molar-refractivity contribution in [2.75, 3.05) is 13.6 Å². The SMILES string of the molecule is CCCN(C)C(CCC(C)n1c(C)c(C(=O)NCc2c(C)cc(C)[nH]c2=O)c2ccccc21)C(F)(F)F. The van der Waals surface area contributed by atoms with E-state index in [0.717, 1.165) is 22.2 Å². The van der Waals surface area contributed by atoms with Crippen LogP contribution in [0.15, 0.2) is 35.1 Å². The Hall–Kier alpha value is -3.07. The van der Waals surface area contributed by atoms with Crippen LogP contribution in [0.4, 0.5) is 13.2 Å². The zero-order valence-corrected chi connectivity index (χ0v) is 22.4. The van der Waals surface area contributed by atoms with Crippen LogP contribution >= 0.6 is 0 Å². The second kappa shape index (κ2) is 11.5. The summed E-state index contributed by atoms with van der Waals surface area (Å²) < 4.78 is 43.3. The lowest BCUT2D eigenvalue weighted by atomic mass is 10.0. The fraction of sp³-hybridized carbons (Fsp3) is 0.500. The first-order valence-electron chi connectivity index (χ1n) is 12.7. The van der Waals surface area contributed by atoms with E-state index in [4.69, 9.17) is 0 Å². The highest BCUT2D eigenvalue weighted by Gasteiger charge is 2.41. The number of alkyl halides is 3. The van der Waals surface area contributed by atoms with E-state index in [9.17, 15) is 22.8 Å². The molecule has 0 fully saturated rings. The molecule has 0 aliphatic rings. The molecule has 0 bridgehead atoms. The Morgan fingerprint density at radius 1 is 1.16 bits per heavy atom. The maximum Gasteiger partial charge on any atom is 0.404 e. The van der Waals surface area contributed by atoms with Crippen LogP contribution in [0.3, 0.4) is 0 Å². The van der Waals surface area contributed by atoms with Crippen molar-refractivity contribution in [2.24, 2.45) is 0 Å². The maximum atomic E-state index is 13.8. The van der Waals surface area contributed by atoms with Crippen LogP contribution < -0.4 is 10.9 Å². The van der Waals surface area contributed by atoms with Crippen LogP contribution in [0.2, 0.25) is 0 Å². The molecule has 0 radical (unpaired) electrons. The molecule has 2 heterocycles. The minimum absolute atomic E-state index is 0.0376. The summed E-state index contributed by atoms with van der Waals surface area (Å²) in [7, 11) is 1.52. The zero-order chi connectivity index (χ0) is 27.5. The number of aromatic nitrogens is 2. The van der Waals surface area contributed by atoms with E-state index in [1.807, 2.05) is 62.6 Å². The van der Waals surface area contributed by atoms with E-state index >= 15 is 0 Å². The van der Waals surface area contributed by atoms with Crippen molar-refractivity contribution in [2.45, 2.75) is 78.7 Å². The van der Waals surface area contributed by atoms with Gasteiger partial charge in [-0.1, -0.05) is 25.1 Å². The van der Waals surface area contributed by atoms with E-state index in [1.54, 1.807) is 6.92 Å². The lowest BCUT2D eigenvalue weighted by Crippen LogP contribution is -2.44.